The average molecular weight is 333 g/mol. The molecule has 1 heterocycles. The van der Waals surface area contributed by atoms with Crippen molar-refractivity contribution in [1.29, 1.82) is 0 Å². The summed E-state index contributed by atoms with van der Waals surface area (Å²) in [6.07, 6.45) is 0.303. The van der Waals surface area contributed by atoms with E-state index in [4.69, 9.17) is 16.7 Å². The van der Waals surface area contributed by atoms with Gasteiger partial charge in [0.2, 0.25) is 0 Å². The zero-order valence-electron chi connectivity index (χ0n) is 11.8. The van der Waals surface area contributed by atoms with Crippen molar-refractivity contribution in [2.45, 2.75) is 29.1 Å². The molecule has 3 rings (SSSR count). The standard InChI is InChI=1S/C17H13ClO3S/c1-9(17(20)21)10-3-5-15-13(6-10)14(19)7-11-2-4-12(18)8-16(11)22-15/h2-6,8-9H,7H2,1H3,(H,20,21). The Morgan fingerprint density at radius 3 is 2.73 bits per heavy atom. The zero-order chi connectivity index (χ0) is 15.9. The molecule has 0 saturated carbocycles. The molecule has 1 atom stereocenters. The van der Waals surface area contributed by atoms with Crippen molar-refractivity contribution in [2.24, 2.45) is 0 Å². The first-order chi connectivity index (χ1) is 10.5. The van der Waals surface area contributed by atoms with Crippen LogP contribution in [0.4, 0.5) is 0 Å². The van der Waals surface area contributed by atoms with Gasteiger partial charge < -0.3 is 5.11 Å². The Labute approximate surface area is 137 Å². The lowest BCUT2D eigenvalue weighted by Gasteiger charge is -2.10. The van der Waals surface area contributed by atoms with Gasteiger partial charge in [0.05, 0.1) is 5.92 Å². The molecule has 1 aliphatic heterocycles. The number of carboxylic acid groups (broad SMARTS) is 1. The second-order valence-corrected chi connectivity index (χ2v) is 6.79. The minimum atomic E-state index is -0.899. The summed E-state index contributed by atoms with van der Waals surface area (Å²) in [6, 6.07) is 10.8. The fourth-order valence-corrected chi connectivity index (χ4v) is 3.77. The van der Waals surface area contributed by atoms with Gasteiger partial charge in [-0.15, -0.1) is 0 Å². The summed E-state index contributed by atoms with van der Waals surface area (Å²) in [5, 5.41) is 9.77. The third-order valence-electron chi connectivity index (χ3n) is 3.77. The molecular weight excluding hydrogens is 320 g/mol. The molecule has 0 aliphatic carbocycles. The fraction of sp³-hybridized carbons (Fsp3) is 0.176. The highest BCUT2D eigenvalue weighted by Crippen LogP contribution is 2.39. The first kappa shape index (κ1) is 15.1. The zero-order valence-corrected chi connectivity index (χ0v) is 13.4. The van der Waals surface area contributed by atoms with Gasteiger partial charge in [-0.1, -0.05) is 35.5 Å². The van der Waals surface area contributed by atoms with Crippen LogP contribution in [0.1, 0.15) is 34.3 Å². The Morgan fingerprint density at radius 1 is 1.23 bits per heavy atom. The van der Waals surface area contributed by atoms with E-state index >= 15 is 0 Å². The van der Waals surface area contributed by atoms with Gasteiger partial charge in [0.15, 0.2) is 5.78 Å². The molecule has 2 aromatic carbocycles. The summed E-state index contributed by atoms with van der Waals surface area (Å²) in [5.74, 6) is -1.53. The predicted molar refractivity (Wildman–Crippen MR) is 86.1 cm³/mol. The van der Waals surface area contributed by atoms with E-state index in [1.165, 1.54) is 11.8 Å². The molecule has 1 N–H and O–H groups in total. The summed E-state index contributed by atoms with van der Waals surface area (Å²) >= 11 is 7.53. The largest absolute Gasteiger partial charge is 0.481 e. The molecule has 0 saturated heterocycles. The number of hydrogen-bond donors (Lipinski definition) is 1. The highest BCUT2D eigenvalue weighted by atomic mass is 35.5. The molecule has 0 spiro atoms. The van der Waals surface area contributed by atoms with Gasteiger partial charge >= 0.3 is 5.97 Å². The number of rotatable bonds is 2. The van der Waals surface area contributed by atoms with Crippen molar-refractivity contribution in [1.82, 2.24) is 0 Å². The van der Waals surface area contributed by atoms with Gasteiger partial charge in [0, 0.05) is 26.8 Å². The summed E-state index contributed by atoms with van der Waals surface area (Å²) in [5.41, 5.74) is 2.18. The average Bonchev–Trinajstić information content (AvgIpc) is 2.62. The molecule has 0 bridgehead atoms. The van der Waals surface area contributed by atoms with Crippen molar-refractivity contribution < 1.29 is 14.7 Å². The topological polar surface area (TPSA) is 54.4 Å². The molecule has 2 aromatic rings. The number of hydrogen-bond acceptors (Lipinski definition) is 3. The minimum Gasteiger partial charge on any atom is -0.481 e. The monoisotopic (exact) mass is 332 g/mol. The van der Waals surface area contributed by atoms with Crippen LogP contribution in [-0.2, 0) is 11.2 Å². The van der Waals surface area contributed by atoms with E-state index < -0.39 is 11.9 Å². The lowest BCUT2D eigenvalue weighted by molar-refractivity contribution is -0.138. The number of benzene rings is 2. The van der Waals surface area contributed by atoms with E-state index in [0.29, 0.717) is 22.6 Å². The predicted octanol–water partition coefficient (Wildman–Crippen LogP) is 4.42. The van der Waals surface area contributed by atoms with Crippen molar-refractivity contribution in [3.63, 3.8) is 0 Å². The van der Waals surface area contributed by atoms with Gasteiger partial charge in [0.1, 0.15) is 0 Å². The van der Waals surface area contributed by atoms with Gasteiger partial charge in [-0.25, -0.2) is 0 Å². The van der Waals surface area contributed by atoms with Crippen LogP contribution < -0.4 is 0 Å². The molecule has 22 heavy (non-hydrogen) atoms. The fourth-order valence-electron chi connectivity index (χ4n) is 2.42. The number of aliphatic carboxylic acids is 1. The summed E-state index contributed by atoms with van der Waals surface area (Å²) in [7, 11) is 0. The molecule has 1 unspecified atom stereocenters. The minimum absolute atomic E-state index is 0.00279. The van der Waals surface area contributed by atoms with Gasteiger partial charge in [0.25, 0.3) is 0 Å². The summed E-state index contributed by atoms with van der Waals surface area (Å²) in [4.78, 5) is 25.4. The second kappa shape index (κ2) is 5.78. The molecule has 5 heteroatoms. The summed E-state index contributed by atoms with van der Waals surface area (Å²) < 4.78 is 0. The van der Waals surface area contributed by atoms with Crippen LogP contribution in [0, 0.1) is 0 Å². The quantitative estimate of drug-likeness (QED) is 0.884. The molecule has 1 aliphatic rings. The third-order valence-corrected chi connectivity index (χ3v) is 5.19. The van der Waals surface area contributed by atoms with Crippen LogP contribution in [0.25, 0.3) is 0 Å². The SMILES string of the molecule is CC(C(=O)O)c1ccc2c(c1)C(=O)Cc1ccc(Cl)cc1S2. The first-order valence-corrected chi connectivity index (χ1v) is 8.01. The first-order valence-electron chi connectivity index (χ1n) is 6.82. The second-order valence-electron chi connectivity index (χ2n) is 5.27. The molecular formula is C17H13ClO3S. The molecule has 112 valence electrons. The smallest absolute Gasteiger partial charge is 0.310 e. The highest BCUT2D eigenvalue weighted by Gasteiger charge is 2.23. The number of carbonyl (C=O) groups excluding carboxylic acids is 1. The van der Waals surface area contributed by atoms with Crippen LogP contribution in [0.2, 0.25) is 5.02 Å². The van der Waals surface area contributed by atoms with Crippen molar-refractivity contribution in [2.75, 3.05) is 0 Å². The highest BCUT2D eigenvalue weighted by molar-refractivity contribution is 7.99. The van der Waals surface area contributed by atoms with Gasteiger partial charge in [-0.2, -0.15) is 0 Å². The molecule has 0 amide bonds. The molecule has 0 aromatic heterocycles. The number of carbonyl (C=O) groups is 2. The van der Waals surface area contributed by atoms with E-state index in [1.807, 2.05) is 18.2 Å². The van der Waals surface area contributed by atoms with Crippen LogP contribution in [0.15, 0.2) is 46.2 Å². The maximum atomic E-state index is 12.5. The molecule has 3 nitrogen and oxygen atoms in total. The normalized spacial score (nSPS) is 14.7. The Kier molecular flexibility index (Phi) is 3.98. The number of carboxylic acids is 1. The van der Waals surface area contributed by atoms with E-state index in [2.05, 4.69) is 0 Å². The van der Waals surface area contributed by atoms with Crippen LogP contribution >= 0.6 is 23.4 Å². The lowest BCUT2D eigenvalue weighted by Crippen LogP contribution is -2.10. The van der Waals surface area contributed by atoms with E-state index in [-0.39, 0.29) is 5.78 Å². The third kappa shape index (κ3) is 2.76. The molecule has 0 radical (unpaired) electrons. The van der Waals surface area contributed by atoms with E-state index in [1.54, 1.807) is 25.1 Å². The van der Waals surface area contributed by atoms with E-state index in [9.17, 15) is 9.59 Å². The maximum Gasteiger partial charge on any atom is 0.310 e. The lowest BCUT2D eigenvalue weighted by atomic mass is 9.96. The Bertz CT molecular complexity index is 785. The van der Waals surface area contributed by atoms with E-state index in [0.717, 1.165) is 15.4 Å². The number of Topliss-reactive ketones (excluding diaryl/α,β-unsaturated/α-hetero) is 1. The van der Waals surface area contributed by atoms with Crippen LogP contribution in [0.5, 0.6) is 0 Å². The number of fused-ring (bicyclic) bond motifs is 2. The van der Waals surface area contributed by atoms with Crippen molar-refractivity contribution >= 4 is 35.1 Å². The Morgan fingerprint density at radius 2 is 2.00 bits per heavy atom. The number of halogens is 1. The van der Waals surface area contributed by atoms with Crippen molar-refractivity contribution in [3.8, 4) is 0 Å². The summed E-state index contributed by atoms with van der Waals surface area (Å²) in [6.45, 7) is 1.62. The maximum absolute atomic E-state index is 12.5. The number of ketones is 1. The molecule has 0 fully saturated rings. The van der Waals surface area contributed by atoms with Crippen LogP contribution in [0.3, 0.4) is 0 Å². The Balaban J connectivity index is 2.07. The van der Waals surface area contributed by atoms with Gasteiger partial charge in [-0.3, -0.25) is 9.59 Å². The van der Waals surface area contributed by atoms with Crippen LogP contribution in [-0.4, -0.2) is 16.9 Å². The Hall–Kier alpha value is -1.78. The van der Waals surface area contributed by atoms with Gasteiger partial charge in [-0.05, 0) is 42.3 Å². The van der Waals surface area contributed by atoms with Crippen molar-refractivity contribution in [3.05, 3.63) is 58.1 Å².